The first-order valence-corrected chi connectivity index (χ1v) is 6.12. The largest absolute Gasteiger partial charge is 0.508 e. The van der Waals surface area contributed by atoms with Gasteiger partial charge in [-0.2, -0.15) is 0 Å². The van der Waals surface area contributed by atoms with Crippen LogP contribution in [0.2, 0.25) is 0 Å². The molecule has 2 aromatic carbocycles. The predicted octanol–water partition coefficient (Wildman–Crippen LogP) is 3.60. The lowest BCUT2D eigenvalue weighted by atomic mass is 10.2. The Labute approximate surface area is 113 Å². The van der Waals surface area contributed by atoms with Gasteiger partial charge < -0.3 is 5.11 Å². The highest BCUT2D eigenvalue weighted by molar-refractivity contribution is 9.10. The molecule has 0 aromatic heterocycles. The lowest BCUT2D eigenvalue weighted by Gasteiger charge is -1.98. The normalized spacial score (nSPS) is 10.7. The third kappa shape index (κ3) is 3.28. The minimum atomic E-state index is 0.165. The second kappa shape index (κ2) is 5.60. The van der Waals surface area contributed by atoms with E-state index in [-0.39, 0.29) is 11.6 Å². The summed E-state index contributed by atoms with van der Waals surface area (Å²) in [5.74, 6) is 0.348. The Balaban J connectivity index is 2.11. The number of rotatable bonds is 2. The molecule has 0 radical (unpaired) electrons. The zero-order chi connectivity index (χ0) is 13.0. The van der Waals surface area contributed by atoms with Gasteiger partial charge in [0.1, 0.15) is 5.75 Å². The molecule has 4 heteroatoms. The maximum atomic E-state index is 9.16. The molecule has 0 heterocycles. The summed E-state index contributed by atoms with van der Waals surface area (Å²) in [5, 5.41) is 17.0. The summed E-state index contributed by atoms with van der Waals surface area (Å²) in [5.41, 5.74) is 1.60. The molecule has 0 saturated heterocycles. The van der Waals surface area contributed by atoms with Gasteiger partial charge in [-0.3, -0.25) is 5.41 Å². The summed E-state index contributed by atoms with van der Waals surface area (Å²) in [6.07, 6.45) is 1.64. The Morgan fingerprint density at radius 3 is 2.28 bits per heavy atom. The van der Waals surface area contributed by atoms with Crippen molar-refractivity contribution in [2.75, 3.05) is 0 Å². The van der Waals surface area contributed by atoms with E-state index in [1.54, 1.807) is 30.5 Å². The molecule has 0 saturated carbocycles. The first-order chi connectivity index (χ1) is 8.65. The predicted molar refractivity (Wildman–Crippen MR) is 76.7 cm³/mol. The van der Waals surface area contributed by atoms with E-state index in [0.717, 1.165) is 10.0 Å². The van der Waals surface area contributed by atoms with Crippen molar-refractivity contribution < 1.29 is 5.11 Å². The van der Waals surface area contributed by atoms with Crippen LogP contribution in [-0.2, 0) is 0 Å². The summed E-state index contributed by atoms with van der Waals surface area (Å²) < 4.78 is 1.01. The van der Waals surface area contributed by atoms with Crippen molar-refractivity contribution in [2.45, 2.75) is 0 Å². The number of amidine groups is 1. The molecule has 90 valence electrons. The lowest BCUT2D eigenvalue weighted by Crippen LogP contribution is -1.95. The molecule has 0 unspecified atom stereocenters. The van der Waals surface area contributed by atoms with Crippen LogP contribution in [0.25, 0.3) is 0 Å². The summed E-state index contributed by atoms with van der Waals surface area (Å²) in [6, 6.07) is 14.1. The van der Waals surface area contributed by atoms with Crippen LogP contribution in [0.15, 0.2) is 58.0 Å². The molecular weight excluding hydrogens is 292 g/mol. The van der Waals surface area contributed by atoms with Crippen LogP contribution in [0, 0.1) is 5.41 Å². The Hall–Kier alpha value is -1.94. The van der Waals surface area contributed by atoms with E-state index in [0.29, 0.717) is 5.56 Å². The van der Waals surface area contributed by atoms with Gasteiger partial charge in [-0.25, -0.2) is 4.99 Å². The highest BCUT2D eigenvalue weighted by atomic mass is 79.9. The van der Waals surface area contributed by atoms with E-state index in [2.05, 4.69) is 20.9 Å². The molecule has 2 aromatic rings. The molecule has 0 amide bonds. The van der Waals surface area contributed by atoms with Crippen molar-refractivity contribution in [1.82, 2.24) is 0 Å². The lowest BCUT2D eigenvalue weighted by molar-refractivity contribution is 0.475. The van der Waals surface area contributed by atoms with Crippen LogP contribution in [0.3, 0.4) is 0 Å². The van der Waals surface area contributed by atoms with Gasteiger partial charge in [-0.05, 0) is 42.0 Å². The number of benzene rings is 2. The van der Waals surface area contributed by atoms with E-state index in [1.165, 1.54) is 0 Å². The van der Waals surface area contributed by atoms with E-state index < -0.39 is 0 Å². The zero-order valence-electron chi connectivity index (χ0n) is 9.47. The first-order valence-electron chi connectivity index (χ1n) is 5.33. The zero-order valence-corrected chi connectivity index (χ0v) is 11.1. The Morgan fingerprint density at radius 2 is 1.67 bits per heavy atom. The average Bonchev–Trinajstić information content (AvgIpc) is 2.38. The SMILES string of the molecule is N=C(/N=C/c1ccc(Br)cc1)c1ccc(O)cc1. The number of nitrogens with one attached hydrogen (secondary N) is 1. The van der Waals surface area contributed by atoms with Crippen molar-refractivity contribution in [3.05, 3.63) is 64.1 Å². The smallest absolute Gasteiger partial charge is 0.151 e. The molecule has 0 atom stereocenters. The molecule has 0 aliphatic rings. The number of halogens is 1. The minimum absolute atomic E-state index is 0.165. The third-order valence-electron chi connectivity index (χ3n) is 2.35. The second-order valence-corrected chi connectivity index (χ2v) is 4.62. The molecular formula is C14H11BrN2O. The van der Waals surface area contributed by atoms with Crippen molar-refractivity contribution >= 4 is 28.0 Å². The standard InChI is InChI=1S/C14H11BrN2O/c15-12-5-1-10(2-6-12)9-17-14(16)11-3-7-13(18)8-4-11/h1-9,16,18H/b16-14?,17-9+. The van der Waals surface area contributed by atoms with Crippen LogP contribution >= 0.6 is 15.9 Å². The highest BCUT2D eigenvalue weighted by Gasteiger charge is 1.98. The number of phenolic OH excluding ortho intramolecular Hbond substituents is 1. The molecule has 2 N–H and O–H groups in total. The number of hydrogen-bond donors (Lipinski definition) is 2. The van der Waals surface area contributed by atoms with Crippen molar-refractivity contribution in [1.29, 1.82) is 5.41 Å². The average molecular weight is 303 g/mol. The van der Waals surface area contributed by atoms with Crippen LogP contribution in [0.4, 0.5) is 0 Å². The number of aromatic hydroxyl groups is 1. The molecule has 3 nitrogen and oxygen atoms in total. The minimum Gasteiger partial charge on any atom is -0.508 e. The van der Waals surface area contributed by atoms with E-state index in [9.17, 15) is 0 Å². The van der Waals surface area contributed by atoms with Crippen LogP contribution in [-0.4, -0.2) is 17.2 Å². The van der Waals surface area contributed by atoms with Gasteiger partial charge in [0.05, 0.1) is 0 Å². The molecule has 0 aliphatic heterocycles. The van der Waals surface area contributed by atoms with Gasteiger partial charge >= 0.3 is 0 Å². The summed E-state index contributed by atoms with van der Waals surface area (Å²) in [7, 11) is 0. The Kier molecular flexibility index (Phi) is 3.89. The van der Waals surface area contributed by atoms with Gasteiger partial charge in [0, 0.05) is 16.3 Å². The van der Waals surface area contributed by atoms with Gasteiger partial charge in [0.15, 0.2) is 5.84 Å². The first kappa shape index (κ1) is 12.5. The Bertz CT molecular complexity index is 574. The fraction of sp³-hybridized carbons (Fsp3) is 0. The summed E-state index contributed by atoms with van der Waals surface area (Å²) >= 11 is 3.36. The van der Waals surface area contributed by atoms with Crippen molar-refractivity contribution in [2.24, 2.45) is 4.99 Å². The quantitative estimate of drug-likeness (QED) is 0.646. The molecule has 0 aliphatic carbocycles. The molecule has 0 spiro atoms. The third-order valence-corrected chi connectivity index (χ3v) is 2.88. The molecule has 0 bridgehead atoms. The van der Waals surface area contributed by atoms with Crippen LogP contribution in [0.1, 0.15) is 11.1 Å². The van der Waals surface area contributed by atoms with Gasteiger partial charge in [0.25, 0.3) is 0 Å². The van der Waals surface area contributed by atoms with Gasteiger partial charge in [0.2, 0.25) is 0 Å². The van der Waals surface area contributed by atoms with Crippen LogP contribution in [0.5, 0.6) is 5.75 Å². The van der Waals surface area contributed by atoms with E-state index in [1.807, 2.05) is 24.3 Å². The fourth-order valence-corrected chi connectivity index (χ4v) is 1.65. The second-order valence-electron chi connectivity index (χ2n) is 3.71. The van der Waals surface area contributed by atoms with E-state index in [4.69, 9.17) is 10.5 Å². The highest BCUT2D eigenvalue weighted by Crippen LogP contribution is 2.11. The number of hydrogen-bond acceptors (Lipinski definition) is 2. The maximum Gasteiger partial charge on any atom is 0.151 e. The number of aliphatic imine (C=N–C) groups is 1. The summed E-state index contributed by atoms with van der Waals surface area (Å²) in [6.45, 7) is 0. The molecule has 2 rings (SSSR count). The van der Waals surface area contributed by atoms with E-state index >= 15 is 0 Å². The monoisotopic (exact) mass is 302 g/mol. The summed E-state index contributed by atoms with van der Waals surface area (Å²) in [4.78, 5) is 4.09. The van der Waals surface area contributed by atoms with Gasteiger partial charge in [-0.15, -0.1) is 0 Å². The number of nitrogens with zero attached hydrogens (tertiary/aromatic N) is 1. The molecule has 0 fully saturated rings. The Morgan fingerprint density at radius 1 is 1.06 bits per heavy atom. The molecule has 18 heavy (non-hydrogen) atoms. The van der Waals surface area contributed by atoms with Crippen molar-refractivity contribution in [3.63, 3.8) is 0 Å². The van der Waals surface area contributed by atoms with Gasteiger partial charge in [-0.1, -0.05) is 28.1 Å². The van der Waals surface area contributed by atoms with Crippen molar-refractivity contribution in [3.8, 4) is 5.75 Å². The maximum absolute atomic E-state index is 9.16. The van der Waals surface area contributed by atoms with Crippen LogP contribution < -0.4 is 0 Å². The topological polar surface area (TPSA) is 56.4 Å². The fourth-order valence-electron chi connectivity index (χ4n) is 1.38. The number of phenols is 1.